The number of carbonyl (C=O) groups excluding carboxylic acids is 1. The van der Waals surface area contributed by atoms with Gasteiger partial charge in [0.25, 0.3) is 0 Å². The zero-order valence-corrected chi connectivity index (χ0v) is 12.9. The van der Waals surface area contributed by atoms with Crippen molar-refractivity contribution < 1.29 is 4.79 Å². The number of rotatable bonds is 2. The lowest BCUT2D eigenvalue weighted by Gasteiger charge is -2.33. The van der Waals surface area contributed by atoms with Crippen LogP contribution in [0.2, 0.25) is 0 Å². The van der Waals surface area contributed by atoms with Gasteiger partial charge in [0, 0.05) is 25.7 Å². The van der Waals surface area contributed by atoms with Crippen molar-refractivity contribution in [1.29, 1.82) is 0 Å². The first-order valence-corrected chi connectivity index (χ1v) is 7.08. The normalized spacial score (nSPS) is 18.4. The molecule has 1 aliphatic rings. The van der Waals surface area contributed by atoms with E-state index in [1.807, 2.05) is 20.8 Å². The molecule has 1 saturated heterocycles. The third kappa shape index (κ3) is 5.94. The molecule has 1 aliphatic heterocycles. The average molecular weight is 268 g/mol. The number of piperidine rings is 1. The molecule has 2 N–H and O–H groups in total. The predicted molar refractivity (Wildman–Crippen MR) is 79.2 cm³/mol. The predicted octanol–water partition coefficient (Wildman–Crippen LogP) is 1.21. The summed E-state index contributed by atoms with van der Waals surface area (Å²) < 4.78 is 0. The van der Waals surface area contributed by atoms with Crippen molar-refractivity contribution in [3.8, 4) is 0 Å². The van der Waals surface area contributed by atoms with Crippen molar-refractivity contribution in [1.82, 2.24) is 15.5 Å². The van der Waals surface area contributed by atoms with Crippen LogP contribution < -0.4 is 10.6 Å². The van der Waals surface area contributed by atoms with E-state index in [1.54, 1.807) is 7.05 Å². The smallest absolute Gasteiger partial charge is 0.239 e. The molecule has 0 saturated carbocycles. The summed E-state index contributed by atoms with van der Waals surface area (Å²) in [6, 6.07) is 0. The first-order chi connectivity index (χ1) is 8.81. The number of amides is 1. The van der Waals surface area contributed by atoms with Gasteiger partial charge in [0.1, 0.15) is 0 Å². The van der Waals surface area contributed by atoms with Crippen LogP contribution in [-0.2, 0) is 4.79 Å². The number of nitrogens with one attached hydrogen (secondary N) is 2. The lowest BCUT2D eigenvalue weighted by atomic mass is 10.00. The summed E-state index contributed by atoms with van der Waals surface area (Å²) in [4.78, 5) is 18.2. The molecular weight excluding hydrogens is 240 g/mol. The lowest BCUT2D eigenvalue weighted by Crippen LogP contribution is -2.50. The number of nitrogens with zero attached hydrogens (tertiary/aromatic N) is 2. The van der Waals surface area contributed by atoms with Gasteiger partial charge in [-0.15, -0.1) is 0 Å². The maximum atomic E-state index is 11.8. The van der Waals surface area contributed by atoms with Gasteiger partial charge >= 0.3 is 0 Å². The molecule has 1 fully saturated rings. The minimum Gasteiger partial charge on any atom is -0.350 e. The Bertz CT molecular complexity index is 325. The fraction of sp³-hybridized carbons (Fsp3) is 0.857. The Hall–Kier alpha value is -1.26. The molecule has 1 heterocycles. The fourth-order valence-corrected chi connectivity index (χ4v) is 2.17. The van der Waals surface area contributed by atoms with E-state index in [0.717, 1.165) is 25.0 Å². The maximum absolute atomic E-state index is 11.8. The molecule has 0 aromatic carbocycles. The van der Waals surface area contributed by atoms with E-state index in [1.165, 1.54) is 12.8 Å². The molecular formula is C14H28N4O. The second-order valence-corrected chi connectivity index (χ2v) is 6.37. The molecule has 0 unspecified atom stereocenters. The van der Waals surface area contributed by atoms with E-state index in [2.05, 4.69) is 27.4 Å². The Morgan fingerprint density at radius 3 is 2.37 bits per heavy atom. The summed E-state index contributed by atoms with van der Waals surface area (Å²) in [6.45, 7) is 10.5. The minimum absolute atomic E-state index is 0.000900. The molecule has 110 valence electrons. The first-order valence-electron chi connectivity index (χ1n) is 7.08. The SMILES string of the molecule is CN=C(NCC(=O)NC(C)(C)C)N1CCC(C)CC1. The topological polar surface area (TPSA) is 56.7 Å². The molecule has 1 amide bonds. The van der Waals surface area contributed by atoms with Crippen LogP contribution >= 0.6 is 0 Å². The van der Waals surface area contributed by atoms with E-state index in [-0.39, 0.29) is 18.0 Å². The van der Waals surface area contributed by atoms with Crippen molar-refractivity contribution >= 4 is 11.9 Å². The molecule has 0 aromatic heterocycles. The van der Waals surface area contributed by atoms with E-state index >= 15 is 0 Å². The molecule has 1 rings (SSSR count). The largest absolute Gasteiger partial charge is 0.350 e. The fourth-order valence-electron chi connectivity index (χ4n) is 2.17. The van der Waals surface area contributed by atoms with Gasteiger partial charge in [0.05, 0.1) is 6.54 Å². The van der Waals surface area contributed by atoms with Gasteiger partial charge in [-0.25, -0.2) is 0 Å². The molecule has 0 aromatic rings. The van der Waals surface area contributed by atoms with Gasteiger partial charge < -0.3 is 15.5 Å². The summed E-state index contributed by atoms with van der Waals surface area (Å²) in [5.41, 5.74) is -0.192. The van der Waals surface area contributed by atoms with Crippen LogP contribution in [0.5, 0.6) is 0 Å². The number of likely N-dealkylation sites (tertiary alicyclic amines) is 1. The summed E-state index contributed by atoms with van der Waals surface area (Å²) in [6.07, 6.45) is 2.38. The average Bonchev–Trinajstić information content (AvgIpc) is 2.29. The molecule has 5 nitrogen and oxygen atoms in total. The number of guanidine groups is 1. The Labute approximate surface area is 116 Å². The van der Waals surface area contributed by atoms with Gasteiger partial charge in [-0.05, 0) is 39.5 Å². The van der Waals surface area contributed by atoms with E-state index in [0.29, 0.717) is 0 Å². The molecule has 0 aliphatic carbocycles. The van der Waals surface area contributed by atoms with Crippen LogP contribution in [0.25, 0.3) is 0 Å². The summed E-state index contributed by atoms with van der Waals surface area (Å²) in [5, 5.41) is 6.07. The van der Waals surface area contributed by atoms with E-state index in [9.17, 15) is 4.79 Å². The summed E-state index contributed by atoms with van der Waals surface area (Å²) >= 11 is 0. The van der Waals surface area contributed by atoms with Gasteiger partial charge in [-0.3, -0.25) is 9.79 Å². The van der Waals surface area contributed by atoms with Crippen LogP contribution in [0.4, 0.5) is 0 Å². The Kier molecular flexibility index (Phi) is 5.63. The van der Waals surface area contributed by atoms with Crippen molar-refractivity contribution in [2.75, 3.05) is 26.7 Å². The van der Waals surface area contributed by atoms with E-state index in [4.69, 9.17) is 0 Å². The van der Waals surface area contributed by atoms with Gasteiger partial charge in [0.15, 0.2) is 5.96 Å². The molecule has 0 bridgehead atoms. The van der Waals surface area contributed by atoms with E-state index < -0.39 is 0 Å². The molecule has 0 radical (unpaired) electrons. The molecule has 0 atom stereocenters. The highest BCUT2D eigenvalue weighted by Crippen LogP contribution is 2.15. The molecule has 0 spiro atoms. The van der Waals surface area contributed by atoms with Crippen LogP contribution in [0.3, 0.4) is 0 Å². The lowest BCUT2D eigenvalue weighted by molar-refractivity contribution is -0.121. The van der Waals surface area contributed by atoms with Crippen molar-refractivity contribution in [3.63, 3.8) is 0 Å². The quantitative estimate of drug-likeness (QED) is 0.584. The minimum atomic E-state index is -0.192. The van der Waals surface area contributed by atoms with Crippen molar-refractivity contribution in [2.24, 2.45) is 10.9 Å². The highest BCUT2D eigenvalue weighted by molar-refractivity contribution is 5.86. The second kappa shape index (κ2) is 6.78. The standard InChI is InChI=1S/C14H28N4O/c1-11-6-8-18(9-7-11)13(15-5)16-10-12(19)17-14(2,3)4/h11H,6-10H2,1-5H3,(H,15,16)(H,17,19). The summed E-state index contributed by atoms with van der Waals surface area (Å²) in [7, 11) is 1.77. The van der Waals surface area contributed by atoms with Gasteiger partial charge in [-0.1, -0.05) is 6.92 Å². The van der Waals surface area contributed by atoms with Crippen LogP contribution in [0.15, 0.2) is 4.99 Å². The van der Waals surface area contributed by atoms with Crippen LogP contribution in [0.1, 0.15) is 40.5 Å². The Morgan fingerprint density at radius 1 is 1.32 bits per heavy atom. The zero-order valence-electron chi connectivity index (χ0n) is 12.9. The molecule has 19 heavy (non-hydrogen) atoms. The maximum Gasteiger partial charge on any atom is 0.239 e. The summed E-state index contributed by atoms with van der Waals surface area (Å²) in [5.74, 6) is 1.62. The third-order valence-electron chi connectivity index (χ3n) is 3.22. The number of aliphatic imine (C=N–C) groups is 1. The van der Waals surface area contributed by atoms with Crippen LogP contribution in [-0.4, -0.2) is 49.0 Å². The molecule has 5 heteroatoms. The van der Waals surface area contributed by atoms with Crippen molar-refractivity contribution in [3.05, 3.63) is 0 Å². The Morgan fingerprint density at radius 2 is 1.89 bits per heavy atom. The van der Waals surface area contributed by atoms with Crippen LogP contribution in [0, 0.1) is 5.92 Å². The van der Waals surface area contributed by atoms with Gasteiger partial charge in [0.2, 0.25) is 5.91 Å². The Balaban J connectivity index is 2.39. The highest BCUT2D eigenvalue weighted by Gasteiger charge is 2.19. The zero-order chi connectivity index (χ0) is 14.5. The number of hydrogen-bond acceptors (Lipinski definition) is 2. The van der Waals surface area contributed by atoms with Crippen molar-refractivity contribution in [2.45, 2.75) is 46.1 Å². The third-order valence-corrected chi connectivity index (χ3v) is 3.22. The monoisotopic (exact) mass is 268 g/mol. The number of carbonyl (C=O) groups is 1. The number of hydrogen-bond donors (Lipinski definition) is 2. The highest BCUT2D eigenvalue weighted by atomic mass is 16.2. The first kappa shape index (κ1) is 15.8. The van der Waals surface area contributed by atoms with Gasteiger partial charge in [-0.2, -0.15) is 0 Å². The second-order valence-electron chi connectivity index (χ2n) is 6.37.